The van der Waals surface area contributed by atoms with Crippen molar-refractivity contribution in [1.29, 1.82) is 0 Å². The third-order valence-corrected chi connectivity index (χ3v) is 9.81. The predicted octanol–water partition coefficient (Wildman–Crippen LogP) is 2.86. The van der Waals surface area contributed by atoms with Crippen LogP contribution < -0.4 is 9.80 Å². The van der Waals surface area contributed by atoms with E-state index in [1.807, 2.05) is 24.3 Å². The molecular weight excluding hydrogens is 490 g/mol. The smallest absolute Gasteiger partial charge is 0.311 e. The number of amides is 2. The maximum Gasteiger partial charge on any atom is 0.311 e. The molecule has 3 aliphatic rings. The summed E-state index contributed by atoms with van der Waals surface area (Å²) in [6.07, 6.45) is 4.57. The fraction of sp³-hybridized carbons (Fsp3) is 0.536. The molecule has 8 nitrogen and oxygen atoms in total. The highest BCUT2D eigenvalue weighted by Gasteiger charge is 2.74. The van der Waals surface area contributed by atoms with Crippen LogP contribution in [0.4, 0.5) is 11.4 Å². The molecular formula is C28H37N3O5S. The SMILES string of the molecule is C=CCOC(=O)[C@@H]1[C@H]2C(=O)N(CCO)C(C(=O)N(CC=C)c3ccc(N(CC)CC)cc3)C23CC[C@H]1S3. The Kier molecular flexibility index (Phi) is 8.33. The molecule has 0 saturated carbocycles. The van der Waals surface area contributed by atoms with Crippen LogP contribution >= 0.6 is 11.8 Å². The molecule has 5 atom stereocenters. The second-order valence-corrected chi connectivity index (χ2v) is 11.3. The molecule has 37 heavy (non-hydrogen) atoms. The van der Waals surface area contributed by atoms with E-state index >= 15 is 0 Å². The molecule has 1 aromatic carbocycles. The normalized spacial score (nSPS) is 27.6. The topological polar surface area (TPSA) is 90.4 Å². The minimum absolute atomic E-state index is 0.0377. The molecule has 2 unspecified atom stereocenters. The minimum atomic E-state index is -0.785. The lowest BCUT2D eigenvalue weighted by Crippen LogP contribution is -2.55. The third kappa shape index (κ3) is 4.56. The fourth-order valence-electron chi connectivity index (χ4n) is 6.32. The van der Waals surface area contributed by atoms with E-state index < -0.39 is 28.6 Å². The molecule has 3 saturated heterocycles. The molecule has 1 N–H and O–H groups in total. The second kappa shape index (κ2) is 11.3. The van der Waals surface area contributed by atoms with Crippen molar-refractivity contribution in [3.05, 3.63) is 49.6 Å². The molecule has 4 rings (SSSR count). The Labute approximate surface area is 223 Å². The second-order valence-electron chi connectivity index (χ2n) is 9.66. The number of anilines is 2. The highest BCUT2D eigenvalue weighted by atomic mass is 32.2. The van der Waals surface area contributed by atoms with Crippen LogP contribution in [0.2, 0.25) is 0 Å². The van der Waals surface area contributed by atoms with Crippen molar-refractivity contribution in [1.82, 2.24) is 4.90 Å². The first-order valence-electron chi connectivity index (χ1n) is 13.0. The van der Waals surface area contributed by atoms with E-state index in [-0.39, 0.29) is 43.4 Å². The number of benzene rings is 1. The number of esters is 1. The largest absolute Gasteiger partial charge is 0.461 e. The summed E-state index contributed by atoms with van der Waals surface area (Å²) in [5.74, 6) is -2.13. The van der Waals surface area contributed by atoms with Gasteiger partial charge in [0.05, 0.1) is 23.2 Å². The lowest BCUT2D eigenvalue weighted by Gasteiger charge is -2.37. The molecule has 3 aliphatic heterocycles. The van der Waals surface area contributed by atoms with Crippen molar-refractivity contribution in [2.75, 3.05) is 49.2 Å². The predicted molar refractivity (Wildman–Crippen MR) is 147 cm³/mol. The van der Waals surface area contributed by atoms with Gasteiger partial charge in [-0.25, -0.2) is 0 Å². The fourth-order valence-corrected chi connectivity index (χ4v) is 8.52. The zero-order chi connectivity index (χ0) is 26.7. The molecule has 9 heteroatoms. The van der Waals surface area contributed by atoms with Crippen LogP contribution in [0.5, 0.6) is 0 Å². The highest BCUT2D eigenvalue weighted by molar-refractivity contribution is 8.02. The summed E-state index contributed by atoms with van der Waals surface area (Å²) in [5.41, 5.74) is 1.79. The monoisotopic (exact) mass is 527 g/mol. The van der Waals surface area contributed by atoms with Gasteiger partial charge in [0.25, 0.3) is 5.91 Å². The number of ether oxygens (including phenoxy) is 1. The van der Waals surface area contributed by atoms with E-state index in [9.17, 15) is 19.5 Å². The first-order chi connectivity index (χ1) is 17.9. The summed E-state index contributed by atoms with van der Waals surface area (Å²) in [6, 6.07) is 7.06. The van der Waals surface area contributed by atoms with E-state index in [1.165, 1.54) is 11.0 Å². The van der Waals surface area contributed by atoms with E-state index in [2.05, 4.69) is 31.9 Å². The molecule has 0 aliphatic carbocycles. The molecule has 1 aromatic rings. The van der Waals surface area contributed by atoms with Gasteiger partial charge in [-0.15, -0.1) is 18.3 Å². The van der Waals surface area contributed by atoms with E-state index in [0.717, 1.165) is 30.9 Å². The maximum atomic E-state index is 14.3. The number of carbonyl (C=O) groups excluding carboxylic acids is 3. The van der Waals surface area contributed by atoms with Crippen LogP contribution in [0.15, 0.2) is 49.6 Å². The van der Waals surface area contributed by atoms with Crippen molar-refractivity contribution in [3.8, 4) is 0 Å². The number of likely N-dealkylation sites (tertiary alicyclic amines) is 1. The maximum absolute atomic E-state index is 14.3. The minimum Gasteiger partial charge on any atom is -0.461 e. The number of aliphatic hydroxyl groups is 1. The molecule has 0 aromatic heterocycles. The van der Waals surface area contributed by atoms with E-state index in [1.54, 1.807) is 22.7 Å². The van der Waals surface area contributed by atoms with Crippen molar-refractivity contribution >= 4 is 40.9 Å². The number of hydrogen-bond acceptors (Lipinski definition) is 7. The summed E-state index contributed by atoms with van der Waals surface area (Å²) < 4.78 is 4.64. The van der Waals surface area contributed by atoms with Crippen molar-refractivity contribution < 1.29 is 24.2 Å². The third-order valence-electron chi connectivity index (χ3n) is 7.86. The Morgan fingerprint density at radius 1 is 1.19 bits per heavy atom. The number of fused-ring (bicyclic) bond motifs is 1. The van der Waals surface area contributed by atoms with Gasteiger partial charge in [0, 0.05) is 42.8 Å². The van der Waals surface area contributed by atoms with Gasteiger partial charge in [0.1, 0.15) is 12.6 Å². The van der Waals surface area contributed by atoms with Crippen LogP contribution in [-0.4, -0.2) is 83.2 Å². The summed E-state index contributed by atoms with van der Waals surface area (Å²) >= 11 is 1.58. The molecule has 2 bridgehead atoms. The van der Waals surface area contributed by atoms with Gasteiger partial charge in [-0.05, 0) is 51.0 Å². The average Bonchev–Trinajstić information content (AvgIpc) is 3.54. The van der Waals surface area contributed by atoms with Gasteiger partial charge in [-0.3, -0.25) is 14.4 Å². The molecule has 0 radical (unpaired) electrons. The van der Waals surface area contributed by atoms with Crippen molar-refractivity contribution in [3.63, 3.8) is 0 Å². The molecule has 3 fully saturated rings. The molecule has 1 spiro atoms. The Bertz CT molecular complexity index is 1040. The summed E-state index contributed by atoms with van der Waals surface area (Å²) in [5, 5.41) is 9.73. The van der Waals surface area contributed by atoms with Crippen LogP contribution in [-0.2, 0) is 19.1 Å². The zero-order valence-electron chi connectivity index (χ0n) is 21.7. The Morgan fingerprint density at radius 3 is 2.46 bits per heavy atom. The van der Waals surface area contributed by atoms with Gasteiger partial charge in [-0.1, -0.05) is 18.7 Å². The Hall–Kier alpha value is -2.78. The van der Waals surface area contributed by atoms with Crippen LogP contribution in [0, 0.1) is 11.8 Å². The Balaban J connectivity index is 1.69. The van der Waals surface area contributed by atoms with Gasteiger partial charge in [0.2, 0.25) is 5.91 Å². The van der Waals surface area contributed by atoms with Gasteiger partial charge in [-0.2, -0.15) is 0 Å². The lowest BCUT2D eigenvalue weighted by atomic mass is 9.71. The molecule has 2 amide bonds. The van der Waals surface area contributed by atoms with E-state index in [0.29, 0.717) is 6.42 Å². The van der Waals surface area contributed by atoms with Crippen LogP contribution in [0.25, 0.3) is 0 Å². The van der Waals surface area contributed by atoms with E-state index in [4.69, 9.17) is 4.74 Å². The number of rotatable bonds is 12. The van der Waals surface area contributed by atoms with Gasteiger partial charge in [0.15, 0.2) is 0 Å². The summed E-state index contributed by atoms with van der Waals surface area (Å²) in [4.78, 5) is 46.4. The number of carbonyl (C=O) groups is 3. The number of hydrogen-bond donors (Lipinski definition) is 1. The molecule has 3 heterocycles. The zero-order valence-corrected chi connectivity index (χ0v) is 22.5. The van der Waals surface area contributed by atoms with Crippen LogP contribution in [0.1, 0.15) is 26.7 Å². The summed E-state index contributed by atoms with van der Waals surface area (Å²) in [6.45, 7) is 13.5. The lowest BCUT2D eigenvalue weighted by molar-refractivity contribution is -0.153. The van der Waals surface area contributed by atoms with Gasteiger partial charge < -0.3 is 24.5 Å². The highest BCUT2D eigenvalue weighted by Crippen LogP contribution is 2.66. The summed E-state index contributed by atoms with van der Waals surface area (Å²) in [7, 11) is 0. The quantitative estimate of drug-likeness (QED) is 0.330. The Morgan fingerprint density at radius 2 is 1.86 bits per heavy atom. The standard InChI is InChI=1S/C28H37N3O5S/c1-5-15-30(20-11-9-19(10-12-20)29(7-3)8-4)26(34)24-28-14-13-21(37-28)22(27(35)36-18-6-2)23(28)25(33)31(24)16-17-32/h5-6,9-12,21-24,32H,1-2,7-8,13-18H2,3-4H3/t21-,22+,23+,24?,28?/m1/s1. The van der Waals surface area contributed by atoms with Gasteiger partial charge >= 0.3 is 5.97 Å². The number of nitrogens with zero attached hydrogens (tertiary/aromatic N) is 3. The first kappa shape index (κ1) is 27.3. The number of aliphatic hydroxyl groups excluding tert-OH is 1. The number of β-amino-alcohol motifs (C(OH)–C–C–N with tert-alkyl or cyclic N) is 1. The van der Waals surface area contributed by atoms with Crippen LogP contribution in [0.3, 0.4) is 0 Å². The average molecular weight is 528 g/mol. The first-order valence-corrected chi connectivity index (χ1v) is 13.9. The van der Waals surface area contributed by atoms with Crippen molar-refractivity contribution in [2.45, 2.75) is 42.7 Å². The van der Waals surface area contributed by atoms with Crippen molar-refractivity contribution in [2.24, 2.45) is 11.8 Å². The number of thioether (sulfide) groups is 1. The molecule has 200 valence electrons.